The molecule has 3 rings (SSSR count). The molecular formula is C18H22FN3O3. The molecule has 0 saturated heterocycles. The first-order valence-corrected chi connectivity index (χ1v) is 8.33. The van der Waals surface area contributed by atoms with E-state index in [4.69, 9.17) is 4.74 Å². The third-order valence-electron chi connectivity index (χ3n) is 4.62. The molecule has 0 aliphatic heterocycles. The average molecular weight is 347 g/mol. The molecule has 1 aliphatic carbocycles. The molecule has 2 N–H and O–H groups in total. The van der Waals surface area contributed by atoms with Crippen LogP contribution in [-0.4, -0.2) is 33.8 Å². The Labute approximate surface area is 145 Å². The normalized spacial score (nSPS) is 20.6. The highest BCUT2D eigenvalue weighted by Gasteiger charge is 2.37. The van der Waals surface area contributed by atoms with E-state index < -0.39 is 0 Å². The molecule has 1 amide bonds. The summed E-state index contributed by atoms with van der Waals surface area (Å²) in [5, 5.41) is 12.6. The van der Waals surface area contributed by atoms with Gasteiger partial charge in [0.15, 0.2) is 0 Å². The Morgan fingerprint density at radius 2 is 2.32 bits per heavy atom. The maximum atomic E-state index is 13.7. The van der Waals surface area contributed by atoms with Crippen LogP contribution in [0.1, 0.15) is 30.9 Å². The summed E-state index contributed by atoms with van der Waals surface area (Å²) in [6.45, 7) is 0.520. The van der Waals surface area contributed by atoms with Crippen molar-refractivity contribution in [2.75, 3.05) is 7.11 Å². The summed E-state index contributed by atoms with van der Waals surface area (Å²) in [7, 11) is 1.52. The topological polar surface area (TPSA) is 76.4 Å². The number of ether oxygens (including phenoxy) is 1. The van der Waals surface area contributed by atoms with Gasteiger partial charge in [0.1, 0.15) is 11.6 Å². The molecule has 0 unspecified atom stereocenters. The molecule has 0 radical (unpaired) electrons. The van der Waals surface area contributed by atoms with Crippen LogP contribution in [0.3, 0.4) is 0 Å². The zero-order valence-corrected chi connectivity index (χ0v) is 14.1. The third kappa shape index (κ3) is 4.17. The van der Waals surface area contributed by atoms with E-state index >= 15 is 0 Å². The minimum absolute atomic E-state index is 0.0582. The molecular weight excluding hydrogens is 325 g/mol. The number of hydrogen-bond acceptors (Lipinski definition) is 4. The second-order valence-corrected chi connectivity index (χ2v) is 6.37. The molecule has 1 heterocycles. The third-order valence-corrected chi connectivity index (χ3v) is 4.62. The maximum absolute atomic E-state index is 13.7. The van der Waals surface area contributed by atoms with Crippen LogP contribution < -0.4 is 10.1 Å². The predicted octanol–water partition coefficient (Wildman–Crippen LogP) is 2.05. The number of aromatic nitrogens is 2. The lowest BCUT2D eigenvalue weighted by molar-refractivity contribution is -0.123. The lowest BCUT2D eigenvalue weighted by Crippen LogP contribution is -2.41. The summed E-state index contributed by atoms with van der Waals surface area (Å²) in [5.74, 6) is 0.0744. The van der Waals surface area contributed by atoms with Crippen LogP contribution in [0.2, 0.25) is 0 Å². The van der Waals surface area contributed by atoms with Gasteiger partial charge in [0.2, 0.25) is 5.91 Å². The number of nitrogens with one attached hydrogen (secondary N) is 1. The van der Waals surface area contributed by atoms with Gasteiger partial charge in [-0.15, -0.1) is 0 Å². The van der Waals surface area contributed by atoms with Gasteiger partial charge in [-0.1, -0.05) is 0 Å². The van der Waals surface area contributed by atoms with Gasteiger partial charge in [-0.2, -0.15) is 0 Å². The predicted molar refractivity (Wildman–Crippen MR) is 89.4 cm³/mol. The van der Waals surface area contributed by atoms with Crippen LogP contribution in [0.4, 0.5) is 4.39 Å². The van der Waals surface area contributed by atoms with E-state index in [1.165, 1.54) is 19.2 Å². The second kappa shape index (κ2) is 7.65. The molecule has 0 spiro atoms. The number of amides is 1. The lowest BCUT2D eigenvalue weighted by Gasteiger charge is -2.38. The van der Waals surface area contributed by atoms with E-state index in [-0.39, 0.29) is 29.8 Å². The Hall–Kier alpha value is -2.41. The van der Waals surface area contributed by atoms with Crippen LogP contribution in [0.5, 0.6) is 5.75 Å². The largest absolute Gasteiger partial charge is 0.496 e. The number of nitrogens with zero attached hydrogens (tertiary/aromatic N) is 2. The van der Waals surface area contributed by atoms with Crippen LogP contribution >= 0.6 is 0 Å². The van der Waals surface area contributed by atoms with Crippen molar-refractivity contribution in [3.05, 3.63) is 48.3 Å². The van der Waals surface area contributed by atoms with E-state index in [0.29, 0.717) is 37.1 Å². The van der Waals surface area contributed by atoms with Gasteiger partial charge >= 0.3 is 0 Å². The van der Waals surface area contributed by atoms with Gasteiger partial charge < -0.3 is 19.7 Å². The van der Waals surface area contributed by atoms with Crippen molar-refractivity contribution < 1.29 is 19.0 Å². The van der Waals surface area contributed by atoms with Crippen LogP contribution in [0.15, 0.2) is 36.9 Å². The van der Waals surface area contributed by atoms with Crippen molar-refractivity contribution >= 4 is 5.91 Å². The zero-order chi connectivity index (χ0) is 17.8. The van der Waals surface area contributed by atoms with Crippen molar-refractivity contribution in [3.8, 4) is 5.75 Å². The Balaban J connectivity index is 1.73. The first-order chi connectivity index (χ1) is 12.1. The smallest absolute Gasteiger partial charge is 0.222 e. The highest BCUT2D eigenvalue weighted by Crippen LogP contribution is 2.41. The lowest BCUT2D eigenvalue weighted by atomic mass is 9.74. The van der Waals surface area contributed by atoms with Crippen molar-refractivity contribution in [1.29, 1.82) is 0 Å². The molecule has 25 heavy (non-hydrogen) atoms. The number of carbonyl (C=O) groups excluding carboxylic acids is 1. The second-order valence-electron chi connectivity index (χ2n) is 6.37. The highest BCUT2D eigenvalue weighted by atomic mass is 19.1. The van der Waals surface area contributed by atoms with Crippen molar-refractivity contribution in [2.24, 2.45) is 5.92 Å². The van der Waals surface area contributed by atoms with Crippen LogP contribution in [0.25, 0.3) is 0 Å². The molecule has 1 saturated carbocycles. The number of aliphatic hydroxyl groups is 1. The highest BCUT2D eigenvalue weighted by molar-refractivity contribution is 5.76. The molecule has 1 atom stereocenters. The van der Waals surface area contributed by atoms with Crippen molar-refractivity contribution in [2.45, 2.75) is 38.0 Å². The molecule has 7 heteroatoms. The maximum Gasteiger partial charge on any atom is 0.222 e. The number of aryl methyl sites for hydroxylation is 1. The van der Waals surface area contributed by atoms with Crippen LogP contribution in [-0.2, 0) is 11.3 Å². The molecule has 2 aromatic rings. The summed E-state index contributed by atoms with van der Waals surface area (Å²) in [4.78, 5) is 16.3. The van der Waals surface area contributed by atoms with E-state index in [9.17, 15) is 14.3 Å². The summed E-state index contributed by atoms with van der Waals surface area (Å²) in [5.41, 5.74) is 0.607. The van der Waals surface area contributed by atoms with Gasteiger partial charge in [-0.25, -0.2) is 9.37 Å². The van der Waals surface area contributed by atoms with E-state index in [1.807, 2.05) is 4.57 Å². The molecule has 1 aromatic heterocycles. The Morgan fingerprint density at radius 3 is 2.96 bits per heavy atom. The first kappa shape index (κ1) is 17.4. The summed E-state index contributed by atoms with van der Waals surface area (Å²) < 4.78 is 20.9. The van der Waals surface area contributed by atoms with Gasteiger partial charge in [0, 0.05) is 30.9 Å². The molecule has 134 valence electrons. The summed E-state index contributed by atoms with van der Waals surface area (Å²) in [6.07, 6.45) is 6.19. The number of halogens is 1. The SMILES string of the molecule is COc1ccc(F)cc1[C@@H](NC(=O)CCn1ccnc1)C1CC(O)C1. The first-order valence-electron chi connectivity index (χ1n) is 8.33. The van der Waals surface area contributed by atoms with Gasteiger partial charge in [0.05, 0.1) is 25.6 Å². The summed E-state index contributed by atoms with van der Waals surface area (Å²) in [6, 6.07) is 3.90. The Kier molecular flexibility index (Phi) is 5.33. The number of benzene rings is 1. The number of hydrogen-bond donors (Lipinski definition) is 2. The van der Waals surface area contributed by atoms with Gasteiger partial charge in [0.25, 0.3) is 0 Å². The van der Waals surface area contributed by atoms with Gasteiger partial charge in [-0.3, -0.25) is 4.79 Å². The molecule has 1 aliphatic rings. The summed E-state index contributed by atoms with van der Waals surface area (Å²) >= 11 is 0. The Bertz CT molecular complexity index is 714. The minimum Gasteiger partial charge on any atom is -0.496 e. The Morgan fingerprint density at radius 1 is 1.52 bits per heavy atom. The van der Waals surface area contributed by atoms with Gasteiger partial charge in [-0.05, 0) is 37.0 Å². The monoisotopic (exact) mass is 347 g/mol. The molecule has 1 aromatic carbocycles. The molecule has 0 bridgehead atoms. The standard InChI is InChI=1S/C18H22FN3O3/c1-25-16-3-2-13(19)10-15(16)18(12-8-14(23)9-12)21-17(24)4-6-22-7-5-20-11-22/h2-3,5,7,10-12,14,18,23H,4,6,8-9H2,1H3,(H,21,24)/t12?,14?,18-/m0/s1. The molecule has 1 fully saturated rings. The number of aliphatic hydroxyl groups excluding tert-OH is 1. The van der Waals surface area contributed by atoms with Crippen LogP contribution in [0, 0.1) is 11.7 Å². The number of imidazole rings is 1. The molecule has 6 nitrogen and oxygen atoms in total. The number of methoxy groups -OCH3 is 1. The number of rotatable bonds is 7. The average Bonchev–Trinajstić information content (AvgIpc) is 3.09. The zero-order valence-electron chi connectivity index (χ0n) is 14.1. The fourth-order valence-corrected chi connectivity index (χ4v) is 3.20. The fraction of sp³-hybridized carbons (Fsp3) is 0.444. The minimum atomic E-state index is -0.385. The fourth-order valence-electron chi connectivity index (χ4n) is 3.20. The quantitative estimate of drug-likeness (QED) is 0.804. The van der Waals surface area contributed by atoms with E-state index in [0.717, 1.165) is 0 Å². The van der Waals surface area contributed by atoms with E-state index in [2.05, 4.69) is 10.3 Å². The van der Waals surface area contributed by atoms with E-state index in [1.54, 1.807) is 24.8 Å². The van der Waals surface area contributed by atoms with Crippen molar-refractivity contribution in [3.63, 3.8) is 0 Å². The number of carbonyl (C=O) groups is 1. The van der Waals surface area contributed by atoms with Crippen molar-refractivity contribution in [1.82, 2.24) is 14.9 Å².